The van der Waals surface area contributed by atoms with E-state index in [1.165, 1.54) is 5.56 Å². The number of rotatable bonds is 1. The first kappa shape index (κ1) is 18.8. The molecule has 2 aliphatic rings. The number of benzene rings is 1. The summed E-state index contributed by atoms with van der Waals surface area (Å²) in [5.41, 5.74) is 2.79. The molecule has 1 heterocycles. The van der Waals surface area contributed by atoms with Crippen LogP contribution in [0.5, 0.6) is 0 Å². The molecular formula is C24H27N3O. The van der Waals surface area contributed by atoms with Crippen molar-refractivity contribution in [3.05, 3.63) is 59.2 Å². The van der Waals surface area contributed by atoms with E-state index in [2.05, 4.69) is 44.0 Å². The van der Waals surface area contributed by atoms with E-state index in [9.17, 15) is 10.1 Å². The Morgan fingerprint density at radius 1 is 1.21 bits per heavy atom. The molecule has 144 valence electrons. The third-order valence-electron chi connectivity index (χ3n) is 6.68. The second-order valence-electron chi connectivity index (χ2n) is 9.38. The average Bonchev–Trinajstić information content (AvgIpc) is 2.70. The zero-order valence-corrected chi connectivity index (χ0v) is 17.1. The largest absolute Gasteiger partial charge is 0.298 e. The summed E-state index contributed by atoms with van der Waals surface area (Å²) in [5, 5.41) is 9.76. The number of nitriles is 1. The highest BCUT2D eigenvalue weighted by Crippen LogP contribution is 2.55. The van der Waals surface area contributed by atoms with Crippen molar-refractivity contribution >= 4 is 5.78 Å². The second-order valence-corrected chi connectivity index (χ2v) is 9.38. The van der Waals surface area contributed by atoms with E-state index < -0.39 is 11.3 Å². The van der Waals surface area contributed by atoms with Crippen LogP contribution < -0.4 is 0 Å². The van der Waals surface area contributed by atoms with Crippen LogP contribution in [0.1, 0.15) is 63.2 Å². The molecule has 0 spiro atoms. The SMILES string of the molecule is C[C@@H]1C(=O)C(C#N)C[C@]2(c3ccccc3)c3nc(C(C)(C)C)ncc3CC[C@@H]12. The highest BCUT2D eigenvalue weighted by atomic mass is 16.1. The number of ketones is 1. The van der Waals surface area contributed by atoms with Gasteiger partial charge >= 0.3 is 0 Å². The zero-order valence-electron chi connectivity index (χ0n) is 17.1. The van der Waals surface area contributed by atoms with Crippen LogP contribution in [-0.2, 0) is 22.0 Å². The molecule has 0 N–H and O–H groups in total. The summed E-state index contributed by atoms with van der Waals surface area (Å²) < 4.78 is 0. The number of hydrogen-bond donors (Lipinski definition) is 0. The molecule has 1 aromatic carbocycles. The summed E-state index contributed by atoms with van der Waals surface area (Å²) in [6.45, 7) is 8.37. The van der Waals surface area contributed by atoms with Gasteiger partial charge in [-0.1, -0.05) is 58.0 Å². The fourth-order valence-electron chi connectivity index (χ4n) is 5.25. The summed E-state index contributed by atoms with van der Waals surface area (Å²) in [5.74, 6) is 0.320. The lowest BCUT2D eigenvalue weighted by atomic mass is 9.51. The quantitative estimate of drug-likeness (QED) is 0.744. The Hall–Kier alpha value is -2.54. The van der Waals surface area contributed by atoms with Crippen molar-refractivity contribution in [3.8, 4) is 6.07 Å². The van der Waals surface area contributed by atoms with E-state index >= 15 is 0 Å². The number of nitrogens with zero attached hydrogens (tertiary/aromatic N) is 3. The number of carbonyl (C=O) groups is 1. The van der Waals surface area contributed by atoms with Crippen LogP contribution in [0.3, 0.4) is 0 Å². The molecule has 1 fully saturated rings. The van der Waals surface area contributed by atoms with Gasteiger partial charge in [-0.2, -0.15) is 5.26 Å². The Labute approximate surface area is 167 Å². The summed E-state index contributed by atoms with van der Waals surface area (Å²) >= 11 is 0. The first-order chi connectivity index (χ1) is 13.3. The van der Waals surface area contributed by atoms with E-state index in [0.29, 0.717) is 6.42 Å². The number of fused-ring (bicyclic) bond motifs is 3. The maximum Gasteiger partial charge on any atom is 0.153 e. The minimum atomic E-state index is -0.592. The van der Waals surface area contributed by atoms with Gasteiger partial charge in [0.2, 0.25) is 0 Å². The van der Waals surface area contributed by atoms with Crippen LogP contribution in [-0.4, -0.2) is 15.8 Å². The van der Waals surface area contributed by atoms with Crippen molar-refractivity contribution in [2.75, 3.05) is 0 Å². The monoisotopic (exact) mass is 373 g/mol. The molecule has 4 nitrogen and oxygen atoms in total. The molecule has 4 rings (SSSR count). The number of aromatic nitrogens is 2. The van der Waals surface area contributed by atoms with E-state index in [0.717, 1.165) is 29.9 Å². The van der Waals surface area contributed by atoms with Crippen molar-refractivity contribution in [3.63, 3.8) is 0 Å². The molecule has 0 bridgehead atoms. The Bertz CT molecular complexity index is 954. The lowest BCUT2D eigenvalue weighted by molar-refractivity contribution is -0.131. The minimum absolute atomic E-state index is 0.0904. The van der Waals surface area contributed by atoms with Crippen LogP contribution in [0.15, 0.2) is 36.5 Å². The average molecular weight is 374 g/mol. The molecular weight excluding hydrogens is 346 g/mol. The first-order valence-electron chi connectivity index (χ1n) is 10.1. The topological polar surface area (TPSA) is 66.6 Å². The molecule has 28 heavy (non-hydrogen) atoms. The van der Waals surface area contributed by atoms with Crippen molar-refractivity contribution in [1.29, 1.82) is 5.26 Å². The Morgan fingerprint density at radius 3 is 2.57 bits per heavy atom. The summed E-state index contributed by atoms with van der Waals surface area (Å²) in [6, 6.07) is 12.7. The fraction of sp³-hybridized carbons (Fsp3) is 0.500. The summed E-state index contributed by atoms with van der Waals surface area (Å²) in [4.78, 5) is 22.6. The second kappa shape index (κ2) is 6.51. The number of carbonyl (C=O) groups excluding carboxylic acids is 1. The van der Waals surface area contributed by atoms with Gasteiger partial charge in [-0.3, -0.25) is 4.79 Å². The Kier molecular flexibility index (Phi) is 4.38. The summed E-state index contributed by atoms with van der Waals surface area (Å²) in [6.07, 6.45) is 4.29. The highest BCUT2D eigenvalue weighted by Gasteiger charge is 2.56. The molecule has 1 saturated carbocycles. The van der Waals surface area contributed by atoms with E-state index in [-0.39, 0.29) is 23.0 Å². The molecule has 0 radical (unpaired) electrons. The molecule has 4 atom stereocenters. The zero-order chi connectivity index (χ0) is 20.1. The van der Waals surface area contributed by atoms with Crippen molar-refractivity contribution in [2.24, 2.45) is 17.8 Å². The third-order valence-corrected chi connectivity index (χ3v) is 6.68. The van der Waals surface area contributed by atoms with Gasteiger partial charge in [0.1, 0.15) is 11.7 Å². The predicted molar refractivity (Wildman–Crippen MR) is 108 cm³/mol. The Morgan fingerprint density at radius 2 is 1.93 bits per heavy atom. The maximum absolute atomic E-state index is 12.9. The normalized spacial score (nSPS) is 29.5. The molecule has 0 aliphatic heterocycles. The lowest BCUT2D eigenvalue weighted by Gasteiger charge is -2.51. The van der Waals surface area contributed by atoms with Gasteiger partial charge < -0.3 is 0 Å². The van der Waals surface area contributed by atoms with Crippen LogP contribution in [0, 0.1) is 29.1 Å². The Balaban J connectivity index is 2.02. The van der Waals surface area contributed by atoms with Gasteiger partial charge in [0.15, 0.2) is 5.78 Å². The van der Waals surface area contributed by atoms with Crippen molar-refractivity contribution < 1.29 is 4.79 Å². The smallest absolute Gasteiger partial charge is 0.153 e. The molecule has 2 aliphatic carbocycles. The number of aryl methyl sites for hydroxylation is 1. The number of hydrogen-bond acceptors (Lipinski definition) is 4. The first-order valence-corrected chi connectivity index (χ1v) is 10.1. The third kappa shape index (κ3) is 2.68. The van der Waals surface area contributed by atoms with E-state index in [4.69, 9.17) is 4.98 Å². The fourth-order valence-corrected chi connectivity index (χ4v) is 5.25. The number of Topliss-reactive ketones (excluding diaryl/α,β-unsaturated/α-hetero) is 1. The van der Waals surface area contributed by atoms with Crippen molar-refractivity contribution in [1.82, 2.24) is 9.97 Å². The minimum Gasteiger partial charge on any atom is -0.298 e. The lowest BCUT2D eigenvalue weighted by Crippen LogP contribution is -2.53. The van der Waals surface area contributed by atoms with Crippen LogP contribution in [0.4, 0.5) is 0 Å². The molecule has 1 aromatic heterocycles. The van der Waals surface area contributed by atoms with Crippen LogP contribution >= 0.6 is 0 Å². The molecule has 0 amide bonds. The molecule has 0 saturated heterocycles. The van der Waals surface area contributed by atoms with Crippen LogP contribution in [0.25, 0.3) is 0 Å². The van der Waals surface area contributed by atoms with Crippen LogP contribution in [0.2, 0.25) is 0 Å². The summed E-state index contributed by atoms with van der Waals surface area (Å²) in [7, 11) is 0. The van der Waals surface area contributed by atoms with E-state index in [1.54, 1.807) is 0 Å². The van der Waals surface area contributed by atoms with Gasteiger partial charge in [-0.05, 0) is 36.3 Å². The molecule has 1 unspecified atom stereocenters. The maximum atomic E-state index is 12.9. The molecule has 2 aromatic rings. The van der Waals surface area contributed by atoms with Gasteiger partial charge in [-0.15, -0.1) is 0 Å². The van der Waals surface area contributed by atoms with Gasteiger partial charge in [-0.25, -0.2) is 9.97 Å². The van der Waals surface area contributed by atoms with E-state index in [1.807, 2.05) is 31.3 Å². The highest BCUT2D eigenvalue weighted by molar-refractivity contribution is 5.87. The van der Waals surface area contributed by atoms with Gasteiger partial charge in [0.25, 0.3) is 0 Å². The standard InChI is InChI=1S/C24H27N3O/c1-15-19-11-10-16-14-26-22(23(2,3)4)27-21(16)24(19,12-17(13-25)20(15)28)18-8-6-5-7-9-18/h5-9,14-15,17,19H,10-12H2,1-4H3/t15-,17?,19-,24+/m0/s1. The van der Waals surface area contributed by atoms with Crippen molar-refractivity contribution in [2.45, 2.75) is 57.8 Å². The predicted octanol–water partition coefficient (Wildman–Crippen LogP) is 4.37. The van der Waals surface area contributed by atoms with Gasteiger partial charge in [0, 0.05) is 22.9 Å². The molecule has 4 heteroatoms. The van der Waals surface area contributed by atoms with Gasteiger partial charge in [0.05, 0.1) is 11.8 Å².